The number of carbonyl (C=O) groups is 2. The quantitative estimate of drug-likeness (QED) is 0.389. The predicted molar refractivity (Wildman–Crippen MR) is 138 cm³/mol. The molecule has 2 atom stereocenters. The third-order valence-corrected chi connectivity index (χ3v) is 7.74. The van der Waals surface area contributed by atoms with E-state index in [1.54, 1.807) is 11.3 Å². The van der Waals surface area contributed by atoms with Crippen LogP contribution in [0.5, 0.6) is 0 Å². The molecule has 3 heterocycles. The van der Waals surface area contributed by atoms with Gasteiger partial charge < -0.3 is 14.4 Å². The number of rotatable bonds is 4. The Hall–Kier alpha value is -3.38. The van der Waals surface area contributed by atoms with Gasteiger partial charge in [0.05, 0.1) is 6.04 Å². The summed E-state index contributed by atoms with van der Waals surface area (Å²) in [7, 11) is 0. The van der Waals surface area contributed by atoms with Gasteiger partial charge in [-0.3, -0.25) is 9.59 Å². The highest BCUT2D eigenvalue weighted by molar-refractivity contribution is 7.16. The van der Waals surface area contributed by atoms with Gasteiger partial charge in [0.15, 0.2) is 0 Å². The number of nitrogens with zero attached hydrogens (tertiary/aromatic N) is 3. The molecule has 5 rings (SSSR count). The van der Waals surface area contributed by atoms with Crippen LogP contribution in [-0.2, 0) is 0 Å². The lowest BCUT2D eigenvalue weighted by molar-refractivity contribution is 0.0409. The highest BCUT2D eigenvalue weighted by Gasteiger charge is 2.32. The van der Waals surface area contributed by atoms with E-state index in [2.05, 4.69) is 35.1 Å². The Labute approximate surface area is 204 Å². The normalized spacial score (nSPS) is 17.2. The molecule has 1 aliphatic heterocycles. The van der Waals surface area contributed by atoms with E-state index in [9.17, 15) is 9.59 Å². The zero-order chi connectivity index (χ0) is 23.8. The van der Waals surface area contributed by atoms with Gasteiger partial charge in [-0.1, -0.05) is 48.0 Å². The summed E-state index contributed by atoms with van der Waals surface area (Å²) in [6, 6.07) is 22.1. The van der Waals surface area contributed by atoms with Gasteiger partial charge in [0.1, 0.15) is 10.5 Å². The van der Waals surface area contributed by atoms with Crippen LogP contribution in [0.4, 0.5) is 0 Å². The Bertz CT molecular complexity index is 1320. The Morgan fingerprint density at radius 3 is 2.41 bits per heavy atom. The first kappa shape index (κ1) is 22.4. The van der Waals surface area contributed by atoms with Gasteiger partial charge in [-0.05, 0) is 56.0 Å². The molecule has 6 heteroatoms. The minimum Gasteiger partial charge on any atom is -0.334 e. The number of fused-ring (bicyclic) bond motifs is 1. The summed E-state index contributed by atoms with van der Waals surface area (Å²) in [5, 5.41) is 3.17. The fraction of sp³-hybridized carbons (Fsp3) is 0.286. The van der Waals surface area contributed by atoms with Crippen LogP contribution >= 0.6 is 11.3 Å². The van der Waals surface area contributed by atoms with Crippen molar-refractivity contribution >= 4 is 33.4 Å². The molecule has 2 amide bonds. The molecule has 1 saturated heterocycles. The molecule has 4 aromatic rings. The minimum atomic E-state index is -0.0532. The van der Waals surface area contributed by atoms with Crippen molar-refractivity contribution < 1.29 is 9.59 Å². The smallest absolute Gasteiger partial charge is 0.270 e. The summed E-state index contributed by atoms with van der Waals surface area (Å²) < 4.78 is 2.17. The Balaban J connectivity index is 1.39. The van der Waals surface area contributed by atoms with E-state index in [-0.39, 0.29) is 23.9 Å². The van der Waals surface area contributed by atoms with Crippen LogP contribution in [-0.4, -0.2) is 51.9 Å². The van der Waals surface area contributed by atoms with Crippen molar-refractivity contribution in [2.75, 3.05) is 19.6 Å². The van der Waals surface area contributed by atoms with Crippen LogP contribution in [0.1, 0.15) is 51.9 Å². The molecule has 2 aromatic heterocycles. The molecule has 0 unspecified atom stereocenters. The number of hydrogen-bond acceptors (Lipinski definition) is 3. The number of hydrogen-bond donors (Lipinski definition) is 0. The number of piperazine rings is 1. The summed E-state index contributed by atoms with van der Waals surface area (Å²) in [5.41, 5.74) is 3.71. The summed E-state index contributed by atoms with van der Waals surface area (Å²) in [5.74, 6) is 0.0571. The van der Waals surface area contributed by atoms with Gasteiger partial charge in [0.25, 0.3) is 11.8 Å². The van der Waals surface area contributed by atoms with Crippen molar-refractivity contribution in [1.29, 1.82) is 0 Å². The lowest BCUT2D eigenvalue weighted by Gasteiger charge is -2.40. The second kappa shape index (κ2) is 9.11. The maximum Gasteiger partial charge on any atom is 0.270 e. The second-order valence-corrected chi connectivity index (χ2v) is 10.0. The monoisotopic (exact) mass is 471 g/mol. The molecule has 0 radical (unpaired) electrons. The third kappa shape index (κ3) is 4.03. The topological polar surface area (TPSA) is 45.6 Å². The van der Waals surface area contributed by atoms with E-state index in [4.69, 9.17) is 0 Å². The number of benzene rings is 2. The Morgan fingerprint density at radius 2 is 1.71 bits per heavy atom. The first-order valence-corrected chi connectivity index (χ1v) is 12.6. The first-order valence-electron chi connectivity index (χ1n) is 11.7. The van der Waals surface area contributed by atoms with Crippen molar-refractivity contribution in [1.82, 2.24) is 14.4 Å². The molecule has 2 aromatic carbocycles. The number of thiophene rings is 1. The summed E-state index contributed by atoms with van der Waals surface area (Å²) in [4.78, 5) is 31.7. The molecule has 0 N–H and O–H groups in total. The molecule has 0 spiro atoms. The third-order valence-electron chi connectivity index (χ3n) is 6.81. The van der Waals surface area contributed by atoms with Crippen molar-refractivity contribution in [2.45, 2.75) is 32.9 Å². The average Bonchev–Trinajstić information content (AvgIpc) is 3.45. The van der Waals surface area contributed by atoms with Gasteiger partial charge in [0, 0.05) is 36.6 Å². The SMILES string of the molecule is Cc1ccc(C(=O)N2CCN(C(=O)c3cc4ccsc4n3[C@@H](C)c3ccccc3)C[C@H]2C)cc1. The van der Waals surface area contributed by atoms with E-state index in [0.29, 0.717) is 30.9 Å². The van der Waals surface area contributed by atoms with Gasteiger partial charge in [-0.2, -0.15) is 0 Å². The van der Waals surface area contributed by atoms with Gasteiger partial charge >= 0.3 is 0 Å². The van der Waals surface area contributed by atoms with Crippen molar-refractivity contribution in [3.63, 3.8) is 0 Å². The lowest BCUT2D eigenvalue weighted by atomic mass is 10.1. The largest absolute Gasteiger partial charge is 0.334 e. The number of aromatic nitrogens is 1. The highest BCUT2D eigenvalue weighted by Crippen LogP contribution is 2.32. The van der Waals surface area contributed by atoms with Crippen LogP contribution in [0.25, 0.3) is 10.2 Å². The van der Waals surface area contributed by atoms with E-state index in [1.165, 1.54) is 5.56 Å². The van der Waals surface area contributed by atoms with Crippen LogP contribution < -0.4 is 0 Å². The molecule has 174 valence electrons. The van der Waals surface area contributed by atoms with Crippen LogP contribution in [0.15, 0.2) is 72.1 Å². The summed E-state index contributed by atoms with van der Waals surface area (Å²) in [6.07, 6.45) is 0. The predicted octanol–water partition coefficient (Wildman–Crippen LogP) is 5.61. The zero-order valence-electron chi connectivity index (χ0n) is 19.8. The van der Waals surface area contributed by atoms with E-state index >= 15 is 0 Å². The molecule has 0 saturated carbocycles. The first-order chi connectivity index (χ1) is 16.4. The lowest BCUT2D eigenvalue weighted by Crippen LogP contribution is -2.55. The highest BCUT2D eigenvalue weighted by atomic mass is 32.1. The standard InChI is InChI=1S/C28H29N3O2S/c1-19-9-11-23(12-10-19)26(32)30-15-14-29(18-20(30)2)27(33)25-17-24-13-16-34-28(24)31(25)21(3)22-7-5-4-6-8-22/h4-13,16-17,20-21H,14-15,18H2,1-3H3/t20-,21+/m1/s1. The van der Waals surface area contributed by atoms with Gasteiger partial charge in [-0.25, -0.2) is 0 Å². The molecule has 1 aliphatic rings. The Morgan fingerprint density at radius 1 is 0.971 bits per heavy atom. The van der Waals surface area contributed by atoms with Gasteiger partial charge in [-0.15, -0.1) is 11.3 Å². The molecule has 0 aliphatic carbocycles. The molecule has 0 bridgehead atoms. The Kier molecular flexibility index (Phi) is 6.00. The van der Waals surface area contributed by atoms with Crippen LogP contribution in [0, 0.1) is 6.92 Å². The van der Waals surface area contributed by atoms with Crippen LogP contribution in [0.2, 0.25) is 0 Å². The maximum atomic E-state index is 13.8. The fourth-order valence-corrected chi connectivity index (χ4v) is 5.82. The van der Waals surface area contributed by atoms with E-state index in [1.807, 2.05) is 72.2 Å². The molecular weight excluding hydrogens is 442 g/mol. The number of aryl methyl sites for hydroxylation is 1. The number of carbonyl (C=O) groups excluding carboxylic acids is 2. The molecular formula is C28H29N3O2S. The second-order valence-electron chi connectivity index (χ2n) is 9.13. The van der Waals surface area contributed by atoms with Gasteiger partial charge in [0.2, 0.25) is 0 Å². The summed E-state index contributed by atoms with van der Waals surface area (Å²) in [6.45, 7) is 7.76. The van der Waals surface area contributed by atoms with Crippen molar-refractivity contribution in [3.05, 3.63) is 94.5 Å². The molecule has 5 nitrogen and oxygen atoms in total. The van der Waals surface area contributed by atoms with E-state index in [0.717, 1.165) is 15.8 Å². The van der Waals surface area contributed by atoms with E-state index < -0.39 is 0 Å². The minimum absolute atomic E-state index is 0.0282. The number of amides is 2. The summed E-state index contributed by atoms with van der Waals surface area (Å²) >= 11 is 1.66. The maximum absolute atomic E-state index is 13.8. The molecule has 1 fully saturated rings. The van der Waals surface area contributed by atoms with Crippen LogP contribution in [0.3, 0.4) is 0 Å². The van der Waals surface area contributed by atoms with Crippen molar-refractivity contribution in [3.8, 4) is 0 Å². The zero-order valence-corrected chi connectivity index (χ0v) is 20.6. The van der Waals surface area contributed by atoms with Crippen molar-refractivity contribution in [2.24, 2.45) is 0 Å². The average molecular weight is 472 g/mol. The molecule has 34 heavy (non-hydrogen) atoms. The fourth-order valence-electron chi connectivity index (χ4n) is 4.84.